The largest absolute Gasteiger partial charge is 0.373 e. The summed E-state index contributed by atoms with van der Waals surface area (Å²) in [6.45, 7) is 0. The van der Waals surface area contributed by atoms with Gasteiger partial charge < -0.3 is 10.5 Å². The molecule has 2 N–H and O–H groups in total. The van der Waals surface area contributed by atoms with Gasteiger partial charge in [0.05, 0.1) is 12.2 Å². The first-order valence-corrected chi connectivity index (χ1v) is 7.27. The maximum absolute atomic E-state index is 6.28. The van der Waals surface area contributed by atoms with E-state index >= 15 is 0 Å². The van der Waals surface area contributed by atoms with Gasteiger partial charge >= 0.3 is 0 Å². The SMILES string of the molecule is NC1CCCCCC1OC1CCCCCC1. The Balaban J connectivity index is 1.81. The first-order valence-electron chi connectivity index (χ1n) is 7.27. The third-order valence-electron chi connectivity index (χ3n) is 4.17. The molecule has 0 aromatic heterocycles. The van der Waals surface area contributed by atoms with Gasteiger partial charge in [0, 0.05) is 6.04 Å². The Bertz CT molecular complexity index is 187. The number of nitrogens with two attached hydrogens (primary N) is 1. The molecule has 2 nitrogen and oxygen atoms in total. The molecule has 2 rings (SSSR count). The molecule has 0 saturated heterocycles. The van der Waals surface area contributed by atoms with Crippen LogP contribution in [0.3, 0.4) is 0 Å². The van der Waals surface area contributed by atoms with Crippen LogP contribution in [-0.2, 0) is 4.74 Å². The smallest absolute Gasteiger partial charge is 0.0729 e. The highest BCUT2D eigenvalue weighted by Gasteiger charge is 2.24. The zero-order valence-corrected chi connectivity index (χ0v) is 10.5. The van der Waals surface area contributed by atoms with E-state index < -0.39 is 0 Å². The van der Waals surface area contributed by atoms with E-state index in [-0.39, 0.29) is 0 Å². The molecule has 2 aliphatic carbocycles. The molecular weight excluding hydrogens is 198 g/mol. The van der Waals surface area contributed by atoms with Gasteiger partial charge in [-0.3, -0.25) is 0 Å². The summed E-state index contributed by atoms with van der Waals surface area (Å²) < 4.78 is 6.28. The van der Waals surface area contributed by atoms with E-state index in [2.05, 4.69) is 0 Å². The Morgan fingerprint density at radius 3 is 2.00 bits per heavy atom. The fraction of sp³-hybridized carbons (Fsp3) is 1.00. The molecule has 2 heteroatoms. The van der Waals surface area contributed by atoms with Crippen LogP contribution < -0.4 is 5.73 Å². The third-order valence-corrected chi connectivity index (χ3v) is 4.17. The molecule has 0 aliphatic heterocycles. The number of ether oxygens (including phenoxy) is 1. The minimum Gasteiger partial charge on any atom is -0.373 e. The summed E-state index contributed by atoms with van der Waals surface area (Å²) in [5.74, 6) is 0. The molecule has 0 aromatic carbocycles. The van der Waals surface area contributed by atoms with E-state index in [1.54, 1.807) is 0 Å². The lowest BCUT2D eigenvalue weighted by molar-refractivity contribution is -0.0343. The Hall–Kier alpha value is -0.0800. The molecule has 2 fully saturated rings. The second kappa shape index (κ2) is 6.61. The van der Waals surface area contributed by atoms with Gasteiger partial charge in [0.15, 0.2) is 0 Å². The first kappa shape index (κ1) is 12.4. The van der Waals surface area contributed by atoms with Crippen molar-refractivity contribution in [3.8, 4) is 0 Å². The zero-order chi connectivity index (χ0) is 11.2. The maximum Gasteiger partial charge on any atom is 0.0729 e. The Morgan fingerprint density at radius 2 is 1.25 bits per heavy atom. The fourth-order valence-corrected chi connectivity index (χ4v) is 3.10. The van der Waals surface area contributed by atoms with Gasteiger partial charge in [-0.05, 0) is 25.7 Å². The zero-order valence-electron chi connectivity index (χ0n) is 10.5. The average molecular weight is 225 g/mol. The minimum absolute atomic E-state index is 0.297. The van der Waals surface area contributed by atoms with E-state index in [9.17, 15) is 0 Å². The van der Waals surface area contributed by atoms with Crippen molar-refractivity contribution >= 4 is 0 Å². The molecule has 0 aromatic rings. The first-order chi connectivity index (χ1) is 7.86. The molecule has 0 radical (unpaired) electrons. The van der Waals surface area contributed by atoms with Gasteiger partial charge in [0.25, 0.3) is 0 Å². The summed E-state index contributed by atoms with van der Waals surface area (Å²) in [6, 6.07) is 0.297. The molecular formula is C14H27NO. The molecule has 0 spiro atoms. The highest BCUT2D eigenvalue weighted by Crippen LogP contribution is 2.25. The Kier molecular flexibility index (Phi) is 5.11. The third kappa shape index (κ3) is 3.74. The van der Waals surface area contributed by atoms with Crippen LogP contribution in [0.5, 0.6) is 0 Å². The normalized spacial score (nSPS) is 34.3. The van der Waals surface area contributed by atoms with Gasteiger partial charge in [-0.2, -0.15) is 0 Å². The lowest BCUT2D eigenvalue weighted by atomic mass is 10.1. The van der Waals surface area contributed by atoms with Gasteiger partial charge in [-0.1, -0.05) is 44.9 Å². The van der Waals surface area contributed by atoms with Crippen LogP contribution in [0.4, 0.5) is 0 Å². The van der Waals surface area contributed by atoms with Crippen molar-refractivity contribution in [2.24, 2.45) is 5.73 Å². The van der Waals surface area contributed by atoms with E-state index in [1.165, 1.54) is 64.2 Å². The summed E-state index contributed by atoms with van der Waals surface area (Å²) in [5.41, 5.74) is 6.21. The van der Waals surface area contributed by atoms with Crippen molar-refractivity contribution in [1.82, 2.24) is 0 Å². The van der Waals surface area contributed by atoms with Crippen LogP contribution in [0, 0.1) is 0 Å². The number of hydrogen-bond donors (Lipinski definition) is 1. The average Bonchev–Trinajstić information content (AvgIpc) is 2.64. The van der Waals surface area contributed by atoms with Gasteiger partial charge in [0.1, 0.15) is 0 Å². The second-order valence-electron chi connectivity index (χ2n) is 5.59. The lowest BCUT2D eigenvalue weighted by Gasteiger charge is -2.27. The van der Waals surface area contributed by atoms with Crippen LogP contribution in [0.2, 0.25) is 0 Å². The van der Waals surface area contributed by atoms with Crippen molar-refractivity contribution in [3.63, 3.8) is 0 Å². The van der Waals surface area contributed by atoms with Crippen LogP contribution in [0.1, 0.15) is 70.6 Å². The Morgan fingerprint density at radius 1 is 0.688 bits per heavy atom. The van der Waals surface area contributed by atoms with Crippen molar-refractivity contribution < 1.29 is 4.74 Å². The molecule has 2 aliphatic rings. The standard InChI is InChI=1S/C14H27NO/c15-13-10-6-3-7-11-14(13)16-12-8-4-1-2-5-9-12/h12-14H,1-11,15H2. The highest BCUT2D eigenvalue weighted by atomic mass is 16.5. The molecule has 2 saturated carbocycles. The molecule has 0 amide bonds. The lowest BCUT2D eigenvalue weighted by Crippen LogP contribution is -2.38. The molecule has 0 bridgehead atoms. The second-order valence-corrected chi connectivity index (χ2v) is 5.59. The van der Waals surface area contributed by atoms with Crippen molar-refractivity contribution in [2.45, 2.75) is 88.9 Å². The van der Waals surface area contributed by atoms with Crippen molar-refractivity contribution in [1.29, 1.82) is 0 Å². The summed E-state index contributed by atoms with van der Waals surface area (Å²) in [7, 11) is 0. The van der Waals surface area contributed by atoms with Crippen molar-refractivity contribution in [2.75, 3.05) is 0 Å². The highest BCUT2D eigenvalue weighted by molar-refractivity contribution is 4.79. The summed E-state index contributed by atoms with van der Waals surface area (Å²) in [6.07, 6.45) is 15.2. The predicted octanol–water partition coefficient (Wildman–Crippen LogP) is 3.39. The van der Waals surface area contributed by atoms with Crippen LogP contribution >= 0.6 is 0 Å². The van der Waals surface area contributed by atoms with E-state index in [1.807, 2.05) is 0 Å². The summed E-state index contributed by atoms with van der Waals surface area (Å²) in [5, 5.41) is 0. The maximum atomic E-state index is 6.28. The quantitative estimate of drug-likeness (QED) is 0.731. The van der Waals surface area contributed by atoms with Crippen LogP contribution in [0.25, 0.3) is 0 Å². The van der Waals surface area contributed by atoms with Gasteiger partial charge in [-0.25, -0.2) is 0 Å². The molecule has 0 heterocycles. The predicted molar refractivity (Wildman–Crippen MR) is 67.4 cm³/mol. The molecule has 16 heavy (non-hydrogen) atoms. The molecule has 2 unspecified atom stereocenters. The monoisotopic (exact) mass is 225 g/mol. The van der Waals surface area contributed by atoms with Crippen molar-refractivity contribution in [3.05, 3.63) is 0 Å². The van der Waals surface area contributed by atoms with Gasteiger partial charge in [-0.15, -0.1) is 0 Å². The Labute approximate surface area is 99.9 Å². The summed E-state index contributed by atoms with van der Waals surface area (Å²) >= 11 is 0. The minimum atomic E-state index is 0.297. The summed E-state index contributed by atoms with van der Waals surface area (Å²) in [4.78, 5) is 0. The van der Waals surface area contributed by atoms with Crippen LogP contribution in [0.15, 0.2) is 0 Å². The van der Waals surface area contributed by atoms with E-state index in [0.717, 1.165) is 6.42 Å². The number of rotatable bonds is 2. The molecule has 2 atom stereocenters. The van der Waals surface area contributed by atoms with Crippen LogP contribution in [-0.4, -0.2) is 18.2 Å². The molecule has 94 valence electrons. The van der Waals surface area contributed by atoms with E-state index in [4.69, 9.17) is 10.5 Å². The topological polar surface area (TPSA) is 35.2 Å². The van der Waals surface area contributed by atoms with Gasteiger partial charge in [0.2, 0.25) is 0 Å². The number of hydrogen-bond acceptors (Lipinski definition) is 2. The van der Waals surface area contributed by atoms with E-state index in [0.29, 0.717) is 18.2 Å². The fourth-order valence-electron chi connectivity index (χ4n) is 3.10.